The Bertz CT molecular complexity index is 2140. The number of anilines is 1. The highest BCUT2D eigenvalue weighted by molar-refractivity contribution is 7.61. The maximum Gasteiger partial charge on any atom is 0.481 e. The zero-order chi connectivity index (χ0) is 55.8. The van der Waals surface area contributed by atoms with Gasteiger partial charge in [0.1, 0.15) is 30.9 Å². The number of esters is 2. The Morgan fingerprint density at radius 1 is 0.803 bits per heavy atom. The zero-order valence-corrected chi connectivity index (χ0v) is 46.2. The van der Waals surface area contributed by atoms with E-state index >= 15 is 0 Å². The minimum atomic E-state index is -5.71. The fourth-order valence-corrected chi connectivity index (χ4v) is 10.7. The molecule has 2 aliphatic heterocycles. The van der Waals surface area contributed by atoms with Gasteiger partial charge in [0.25, 0.3) is 0 Å². The molecule has 1 aromatic heterocycles. The van der Waals surface area contributed by atoms with Crippen molar-refractivity contribution in [3.05, 3.63) is 83.5 Å². The molecule has 76 heavy (non-hydrogen) atoms. The van der Waals surface area contributed by atoms with Crippen LogP contribution in [0.15, 0.2) is 77.8 Å². The lowest BCUT2D eigenvalue weighted by molar-refractivity contribution is -0.194. The molecule has 2 aliphatic rings. The number of nitrogens with two attached hydrogens (primary N) is 1. The number of aliphatic hydroxyl groups is 5. The van der Waals surface area contributed by atoms with Gasteiger partial charge in [0.2, 0.25) is 0 Å². The lowest BCUT2D eigenvalue weighted by Gasteiger charge is -2.40. The Kier molecular flexibility index (Phi) is 32.7. The largest absolute Gasteiger partial charge is 0.481 e. The van der Waals surface area contributed by atoms with Crippen molar-refractivity contribution in [2.45, 2.75) is 204 Å². The van der Waals surface area contributed by atoms with E-state index in [0.29, 0.717) is 19.3 Å². The van der Waals surface area contributed by atoms with Gasteiger partial charge in [-0.25, -0.2) is 13.9 Å². The predicted molar refractivity (Wildman–Crippen MR) is 286 cm³/mol. The molecule has 1 fully saturated rings. The Morgan fingerprint density at radius 2 is 1.41 bits per heavy atom. The van der Waals surface area contributed by atoms with Gasteiger partial charge < -0.3 is 55.3 Å². The van der Waals surface area contributed by atoms with Gasteiger partial charge in [0.15, 0.2) is 6.10 Å². The summed E-state index contributed by atoms with van der Waals surface area (Å²) in [6.07, 6.45) is 22.0. The first-order valence-electron chi connectivity index (χ1n) is 27.1. The number of unbranched alkanes of at least 4 members (excludes halogenated alkanes) is 12. The number of carbonyl (C=O) groups is 2. The molecule has 1 aromatic rings. The molecule has 0 amide bonds. The number of allylic oxidation sites excluding steroid dienone is 7. The second-order valence-electron chi connectivity index (χ2n) is 19.4. The van der Waals surface area contributed by atoms with Gasteiger partial charge in [-0.15, -0.1) is 0 Å². The summed E-state index contributed by atoms with van der Waals surface area (Å²) in [5.74, 6) is -4.46. The van der Waals surface area contributed by atoms with Gasteiger partial charge in [0, 0.05) is 30.9 Å². The van der Waals surface area contributed by atoms with Gasteiger partial charge in [-0.05, 0) is 63.9 Å². The second-order valence-corrected chi connectivity index (χ2v) is 22.4. The van der Waals surface area contributed by atoms with Crippen LogP contribution in [0.5, 0.6) is 0 Å². The van der Waals surface area contributed by atoms with Crippen molar-refractivity contribution in [2.24, 2.45) is 11.8 Å². The first-order chi connectivity index (χ1) is 36.4. The van der Waals surface area contributed by atoms with Gasteiger partial charge in [-0.1, -0.05) is 139 Å². The van der Waals surface area contributed by atoms with E-state index in [1.165, 1.54) is 56.1 Å². The van der Waals surface area contributed by atoms with Gasteiger partial charge >= 0.3 is 33.3 Å². The van der Waals surface area contributed by atoms with E-state index < -0.39 is 127 Å². The Morgan fingerprint density at radius 3 is 2.07 bits per heavy atom. The molecule has 12 atom stereocenters. The summed E-state index contributed by atoms with van der Waals surface area (Å²) < 4.78 is 58.8. The molecular formula is C53H87N3O18P2. The van der Waals surface area contributed by atoms with Crippen molar-refractivity contribution >= 4 is 33.4 Å². The molecule has 0 saturated carbocycles. The van der Waals surface area contributed by atoms with E-state index in [0.717, 1.165) is 81.4 Å². The van der Waals surface area contributed by atoms with E-state index in [4.69, 9.17) is 29.0 Å². The Balaban J connectivity index is 1.71. The van der Waals surface area contributed by atoms with E-state index in [2.05, 4.69) is 52.7 Å². The van der Waals surface area contributed by atoms with Crippen LogP contribution < -0.4 is 11.4 Å². The van der Waals surface area contributed by atoms with Crippen molar-refractivity contribution in [3.8, 4) is 0 Å². The molecule has 432 valence electrons. The summed E-state index contributed by atoms with van der Waals surface area (Å²) in [5.41, 5.74) is 4.73. The molecule has 0 spiro atoms. The number of cyclic esters (lactones) is 1. The molecule has 21 nitrogen and oxygen atoms in total. The van der Waals surface area contributed by atoms with E-state index in [1.54, 1.807) is 0 Å². The number of phosphoric ester groups is 2. The third-order valence-electron chi connectivity index (χ3n) is 12.9. The third-order valence-corrected chi connectivity index (χ3v) is 15.5. The standard InChI is InChI=1S/C53H87N3O18P2/c1-3-5-7-8-9-10-11-12-13-14-15-16-17-18-19-20-21-22-23-25-31-49(61)72-41-37-69-48(60)30-27-26-29-43-45(59)36-44(58)42(33-32-40(57)28-24-6-4-2)50(62)51(63)46(39-71-76(67,68)74-75(65,66)70-38-41)73-52(43)56-35-34-47(54)55-53(56)64/h10-11,13-14,16-17,26-27,32-35,40-46,50-52,57-59,62-63H,3-9,12,15,18-25,28-31,36-39H2,1-2H3,(H,65,66)(H,67,68)(H2,54,55,64)/b11-10-,14-13-,17-16-,27-26-,33-32?/t40-,41-,42+,43-,44-,45+,46-,50+,51-,52-/m1/s1. The summed E-state index contributed by atoms with van der Waals surface area (Å²) in [7, 11) is -11.3. The van der Waals surface area contributed by atoms with Crippen LogP contribution in [0.3, 0.4) is 0 Å². The fraction of sp³-hybridized carbons (Fsp3) is 0.698. The highest BCUT2D eigenvalue weighted by Crippen LogP contribution is 2.60. The third kappa shape index (κ3) is 27.3. The fourth-order valence-electron chi connectivity index (χ4n) is 8.57. The van der Waals surface area contributed by atoms with Gasteiger partial charge in [-0.3, -0.25) is 23.2 Å². The highest BCUT2D eigenvalue weighted by atomic mass is 31.3. The molecule has 2 unspecified atom stereocenters. The van der Waals surface area contributed by atoms with Crippen molar-refractivity contribution in [2.75, 3.05) is 25.6 Å². The van der Waals surface area contributed by atoms with Crippen molar-refractivity contribution in [1.82, 2.24) is 9.55 Å². The Labute approximate surface area is 448 Å². The smallest absolute Gasteiger partial charge is 0.461 e. The minimum Gasteiger partial charge on any atom is -0.461 e. The molecule has 0 aromatic carbocycles. The molecule has 23 heteroatoms. The van der Waals surface area contributed by atoms with Crippen LogP contribution >= 0.6 is 15.6 Å². The number of fused-ring (bicyclic) bond motifs is 3. The van der Waals surface area contributed by atoms with Crippen LogP contribution in [0.4, 0.5) is 5.82 Å². The molecular weight excluding hydrogens is 1030 g/mol. The van der Waals surface area contributed by atoms with Crippen molar-refractivity contribution in [1.29, 1.82) is 0 Å². The molecule has 0 aliphatic carbocycles. The molecule has 2 bridgehead atoms. The number of hydrogen-bond acceptors (Lipinski definition) is 18. The van der Waals surface area contributed by atoms with Crippen LogP contribution in [0.1, 0.15) is 161 Å². The van der Waals surface area contributed by atoms with Crippen molar-refractivity contribution in [3.63, 3.8) is 0 Å². The summed E-state index contributed by atoms with van der Waals surface area (Å²) in [6.45, 7) is 1.38. The number of rotatable bonds is 26. The minimum absolute atomic E-state index is 0.0312. The molecule has 1 saturated heterocycles. The Hall–Kier alpha value is -3.66. The average Bonchev–Trinajstić information content (AvgIpc) is 3.36. The van der Waals surface area contributed by atoms with Crippen molar-refractivity contribution < 1.29 is 81.6 Å². The number of aromatic nitrogens is 2. The van der Waals surface area contributed by atoms with Gasteiger partial charge in [-0.2, -0.15) is 9.29 Å². The van der Waals surface area contributed by atoms with E-state index in [-0.39, 0.29) is 18.7 Å². The number of aliphatic hydroxyl groups excluding tert-OH is 5. The molecule has 3 rings (SSSR count). The lowest BCUT2D eigenvalue weighted by Crippen LogP contribution is -2.52. The molecule has 3 heterocycles. The first kappa shape index (κ1) is 66.6. The van der Waals surface area contributed by atoms with Crippen LogP contribution in [0.2, 0.25) is 0 Å². The zero-order valence-electron chi connectivity index (χ0n) is 44.4. The lowest BCUT2D eigenvalue weighted by atomic mass is 9.82. The maximum atomic E-state index is 13.3. The SMILES string of the molecule is CCCCCC/C=C\C/C=C\C/C=C\CCCCCCCCC(=O)O[C@@H]1COC(=O)C/C=C\C[C@H]2[C@H](n3ccc(N)nc3=O)O[C@H](COP(=O)(O)OP(=O)(O)OC1)[C@@H](O)[C@@H](O)[C@@H](C=C[C@H](O)CCCCC)[C@H](O)C[C@@H]2O. The summed E-state index contributed by atoms with van der Waals surface area (Å²) in [4.78, 5) is 64.3. The first-order valence-corrected chi connectivity index (χ1v) is 30.0. The van der Waals surface area contributed by atoms with Gasteiger partial charge in [0.05, 0.1) is 44.1 Å². The number of carbonyl (C=O) groups excluding carboxylic acids is 2. The van der Waals surface area contributed by atoms with Crippen LogP contribution in [0, 0.1) is 11.8 Å². The van der Waals surface area contributed by atoms with Crippen LogP contribution in [-0.2, 0) is 46.3 Å². The molecule has 0 radical (unpaired) electrons. The predicted octanol–water partition coefficient (Wildman–Crippen LogP) is 7.88. The number of ether oxygens (including phenoxy) is 3. The summed E-state index contributed by atoms with van der Waals surface area (Å²) in [5, 5.41) is 57.4. The summed E-state index contributed by atoms with van der Waals surface area (Å²) >= 11 is 0. The van der Waals surface area contributed by atoms with E-state index in [1.807, 2.05) is 6.92 Å². The number of phosphoric acid groups is 2. The maximum absolute atomic E-state index is 13.3. The average molecular weight is 1120 g/mol. The second kappa shape index (κ2) is 37.3. The van der Waals surface area contributed by atoms with Crippen LogP contribution in [0.25, 0.3) is 0 Å². The molecule has 9 N–H and O–H groups in total. The summed E-state index contributed by atoms with van der Waals surface area (Å²) in [6, 6.07) is 1.22. The van der Waals surface area contributed by atoms with Crippen LogP contribution in [-0.4, -0.2) is 119 Å². The quantitative estimate of drug-likeness (QED) is 0.0189. The normalized spacial score (nSPS) is 29.8. The topological polar surface area (TPSA) is 326 Å². The number of nitrogens with zero attached hydrogens (tertiary/aromatic N) is 2. The highest BCUT2D eigenvalue weighted by Gasteiger charge is 2.45. The number of hydrogen-bond donors (Lipinski definition) is 8. The van der Waals surface area contributed by atoms with E-state index in [9.17, 15) is 58.8 Å². The number of nitrogen functional groups attached to an aromatic ring is 1. The monoisotopic (exact) mass is 1120 g/mol.